The normalized spacial score (nSPS) is 11.4. The first kappa shape index (κ1) is 53.4. The van der Waals surface area contributed by atoms with Crippen LogP contribution in [0.2, 0.25) is 0 Å². The van der Waals surface area contributed by atoms with Crippen LogP contribution < -0.4 is 0 Å². The number of unbranched alkanes of at least 4 members (excludes halogenated alkanes) is 1. The molecule has 0 amide bonds. The molecule has 19 N–H and O–H groups in total. The number of imidazole rings is 1. The van der Waals surface area contributed by atoms with Gasteiger partial charge in [0.2, 0.25) is 0 Å². The summed E-state index contributed by atoms with van der Waals surface area (Å²) in [5.74, 6) is 1.14. The number of hydrogen-bond acceptors (Lipinski definition) is 7. The number of hydrogen-bond donors (Lipinski definition) is 19. The van der Waals surface area contributed by atoms with E-state index >= 15 is 0 Å². The van der Waals surface area contributed by atoms with Gasteiger partial charge in [-0.1, -0.05) is 13.3 Å². The Kier molecular flexibility index (Phi) is 31.6. The first-order valence-corrected chi connectivity index (χ1v) is 18.3. The first-order chi connectivity index (χ1) is 17.2. The van der Waals surface area contributed by atoms with Crippen LogP contribution in [0.3, 0.4) is 0 Å². The average Bonchev–Trinajstić information content (AvgIpc) is 2.81. The monoisotopic (exact) mass is 740 g/mol. The van der Waals surface area contributed by atoms with E-state index in [0.717, 1.165) is 17.9 Å². The number of rotatable bonds is 3. The Morgan fingerprint density at radius 2 is 0.707 bits per heavy atom. The maximum atomic E-state index is 8.88. The Balaban J connectivity index is -0.0000000904. The van der Waals surface area contributed by atoms with Gasteiger partial charge in [0.05, 0.1) is 5.69 Å². The minimum atomic E-state index is -4.64. The number of nitrogens with zero attached hydrogens (tertiary/aromatic N) is 1. The van der Waals surface area contributed by atoms with E-state index in [0.29, 0.717) is 0 Å². The second-order valence-electron chi connectivity index (χ2n) is 6.08. The van der Waals surface area contributed by atoms with Gasteiger partial charge in [-0.05, 0) is 20.3 Å². The van der Waals surface area contributed by atoms with Gasteiger partial charge in [-0.3, -0.25) is 0 Å². The lowest BCUT2D eigenvalue weighted by Crippen LogP contribution is -1.86. The van der Waals surface area contributed by atoms with E-state index in [1.54, 1.807) is 0 Å². The molecule has 32 heteroatoms. The molecular weight excluding hydrogens is 706 g/mol. The van der Waals surface area contributed by atoms with Crippen LogP contribution in [0.5, 0.6) is 0 Å². The van der Waals surface area contributed by atoms with E-state index in [4.69, 9.17) is 115 Å². The molecule has 0 fully saturated rings. The second-order valence-corrected chi connectivity index (χ2v) is 12.2. The predicted molar refractivity (Wildman–Crippen MR) is 132 cm³/mol. The zero-order chi connectivity index (χ0) is 35.3. The summed E-state index contributed by atoms with van der Waals surface area (Å²) < 4.78 is 53.3. The van der Waals surface area contributed by atoms with Crippen LogP contribution in [-0.4, -0.2) is 98.0 Å². The lowest BCUT2D eigenvalue weighted by molar-refractivity contribution is 0.272. The smallest absolute Gasteiger partial charge is 0.346 e. The van der Waals surface area contributed by atoms with Crippen LogP contribution in [0.15, 0.2) is 0 Å². The van der Waals surface area contributed by atoms with E-state index in [-0.39, 0.29) is 0 Å². The van der Waals surface area contributed by atoms with Crippen molar-refractivity contribution in [3.8, 4) is 0 Å². The largest absolute Gasteiger partial charge is 0.466 e. The fraction of sp³-hybridized carbons (Fsp3) is 0.667. The van der Waals surface area contributed by atoms with Crippen molar-refractivity contribution < 1.29 is 115 Å². The molecule has 41 heavy (non-hydrogen) atoms. The first-order valence-electron chi connectivity index (χ1n) is 8.95. The molecule has 26 nitrogen and oxygen atoms in total. The Hall–Kier alpha value is -0.130. The van der Waals surface area contributed by atoms with Crippen LogP contribution >= 0.6 is 46.9 Å². The minimum absolute atomic E-state index is 1.09. The summed E-state index contributed by atoms with van der Waals surface area (Å²) in [5, 5.41) is 0. The average molecular weight is 740 g/mol. The predicted octanol–water partition coefficient (Wildman–Crippen LogP) is -3.20. The number of H-pyrrole nitrogens is 1. The molecule has 1 aromatic rings. The summed E-state index contributed by atoms with van der Waals surface area (Å²) in [5.41, 5.74) is 2.34. The van der Waals surface area contributed by atoms with Gasteiger partial charge in [0.15, 0.2) is 0 Å². The maximum Gasteiger partial charge on any atom is 0.466 e. The zero-order valence-corrected chi connectivity index (χ0v) is 26.1. The SMILES string of the molecule is CCCCc1nc(C)c(C)[nH]1.O=P(O)(O)O.O=P(O)(O)O.O=P(O)(O)O.O=P(O)(O)O.O=P(O)(O)O.O=P(O)(O)O. The summed E-state index contributed by atoms with van der Waals surface area (Å²) in [7, 11) is -27.8. The van der Waals surface area contributed by atoms with Gasteiger partial charge < -0.3 is 93.1 Å². The standard InChI is InChI=1S/C9H16N2.6H3O4P/c1-4-5-6-9-10-7(2)8(3)11-9;6*1-5(2,3)4/h4-6H2,1-3H3,(H,10,11);6*(H3,1,2,3,4). The van der Waals surface area contributed by atoms with Crippen molar-refractivity contribution in [2.75, 3.05) is 0 Å². The zero-order valence-electron chi connectivity index (χ0n) is 20.8. The number of aromatic nitrogens is 2. The molecule has 0 spiro atoms. The van der Waals surface area contributed by atoms with Crippen molar-refractivity contribution in [1.29, 1.82) is 0 Å². The summed E-state index contributed by atoms with van der Waals surface area (Å²) >= 11 is 0. The minimum Gasteiger partial charge on any atom is -0.346 e. The molecule has 0 saturated carbocycles. The Labute approximate surface area is 230 Å². The summed E-state index contributed by atoms with van der Waals surface area (Å²) in [4.78, 5) is 137. The molecule has 254 valence electrons. The van der Waals surface area contributed by atoms with Crippen molar-refractivity contribution in [2.45, 2.75) is 40.0 Å². The van der Waals surface area contributed by atoms with Gasteiger partial charge in [0.25, 0.3) is 0 Å². The molecule has 0 aromatic carbocycles. The molecule has 0 bridgehead atoms. The van der Waals surface area contributed by atoms with E-state index in [1.165, 1.54) is 18.5 Å². The van der Waals surface area contributed by atoms with Gasteiger partial charge in [-0.15, -0.1) is 0 Å². The highest BCUT2D eigenvalue weighted by molar-refractivity contribution is 7.46. The van der Waals surface area contributed by atoms with Crippen LogP contribution in [0.4, 0.5) is 0 Å². The van der Waals surface area contributed by atoms with Crippen molar-refractivity contribution >= 4 is 46.9 Å². The quantitative estimate of drug-likeness (QED) is 0.136. The lowest BCUT2D eigenvalue weighted by Gasteiger charge is -1.91. The highest BCUT2D eigenvalue weighted by Crippen LogP contribution is 2.27. The highest BCUT2D eigenvalue weighted by Gasteiger charge is 2.03. The number of phosphoric acid groups is 6. The Morgan fingerprint density at radius 3 is 0.829 bits per heavy atom. The molecule has 0 atom stereocenters. The van der Waals surface area contributed by atoms with E-state index in [9.17, 15) is 0 Å². The molecule has 0 aliphatic carbocycles. The fourth-order valence-corrected chi connectivity index (χ4v) is 1.08. The van der Waals surface area contributed by atoms with Gasteiger partial charge in [-0.2, -0.15) is 0 Å². The number of aryl methyl sites for hydroxylation is 3. The lowest BCUT2D eigenvalue weighted by atomic mass is 10.2. The third kappa shape index (κ3) is 227. The summed E-state index contributed by atoms with van der Waals surface area (Å²) in [6.45, 7) is 6.31. The summed E-state index contributed by atoms with van der Waals surface area (Å²) in [6.07, 6.45) is 3.55. The number of aromatic amines is 1. The molecule has 0 aliphatic heterocycles. The molecule has 0 unspecified atom stereocenters. The van der Waals surface area contributed by atoms with E-state index in [2.05, 4.69) is 23.8 Å². The van der Waals surface area contributed by atoms with Crippen LogP contribution in [0.25, 0.3) is 0 Å². The molecular formula is C9H34N2O24P6. The summed E-state index contributed by atoms with van der Waals surface area (Å²) in [6, 6.07) is 0. The molecule has 1 rings (SSSR count). The van der Waals surface area contributed by atoms with Crippen LogP contribution in [0.1, 0.15) is 37.0 Å². The van der Waals surface area contributed by atoms with Gasteiger partial charge in [0.1, 0.15) is 5.82 Å². The third-order valence-corrected chi connectivity index (χ3v) is 1.94. The highest BCUT2D eigenvalue weighted by atomic mass is 31.2. The van der Waals surface area contributed by atoms with Crippen LogP contribution in [0, 0.1) is 13.8 Å². The Morgan fingerprint density at radius 1 is 0.512 bits per heavy atom. The second kappa shape index (κ2) is 24.2. The molecule has 1 heterocycles. The van der Waals surface area contributed by atoms with E-state index < -0.39 is 46.9 Å². The molecule has 0 radical (unpaired) electrons. The maximum absolute atomic E-state index is 8.88. The molecule has 1 aromatic heterocycles. The van der Waals surface area contributed by atoms with Gasteiger partial charge >= 0.3 is 46.9 Å². The van der Waals surface area contributed by atoms with E-state index in [1.807, 2.05) is 6.92 Å². The number of nitrogens with one attached hydrogen (secondary N) is 1. The molecule has 0 aliphatic rings. The van der Waals surface area contributed by atoms with Crippen molar-refractivity contribution in [1.82, 2.24) is 9.97 Å². The fourth-order valence-electron chi connectivity index (χ4n) is 1.08. The topological polar surface area (TPSA) is 495 Å². The van der Waals surface area contributed by atoms with Crippen molar-refractivity contribution in [3.63, 3.8) is 0 Å². The van der Waals surface area contributed by atoms with Gasteiger partial charge in [0, 0.05) is 12.1 Å². The van der Waals surface area contributed by atoms with Crippen LogP contribution in [-0.2, 0) is 33.8 Å². The third-order valence-electron chi connectivity index (χ3n) is 1.94. The Bertz CT molecular complexity index is 843. The van der Waals surface area contributed by atoms with Crippen molar-refractivity contribution in [3.05, 3.63) is 17.2 Å². The van der Waals surface area contributed by atoms with Crippen molar-refractivity contribution in [2.24, 2.45) is 0 Å². The van der Waals surface area contributed by atoms with Gasteiger partial charge in [-0.25, -0.2) is 32.4 Å². The molecule has 0 saturated heterocycles.